The van der Waals surface area contributed by atoms with E-state index in [0.717, 1.165) is 6.04 Å². The SMILES string of the molecule is CN(CC1(C)CNC1)C1CCC1. The van der Waals surface area contributed by atoms with Crippen molar-refractivity contribution in [2.75, 3.05) is 26.7 Å². The second-order valence-electron chi connectivity index (χ2n) is 4.91. The zero-order valence-corrected chi connectivity index (χ0v) is 8.27. The molecule has 0 atom stereocenters. The first-order valence-electron chi connectivity index (χ1n) is 5.11. The molecule has 1 N–H and O–H groups in total. The molecule has 2 nitrogen and oxygen atoms in total. The third-order valence-electron chi connectivity index (χ3n) is 3.43. The Morgan fingerprint density at radius 2 is 2.08 bits per heavy atom. The van der Waals surface area contributed by atoms with Crippen molar-refractivity contribution >= 4 is 0 Å². The maximum atomic E-state index is 3.36. The highest BCUT2D eigenvalue weighted by Crippen LogP contribution is 2.28. The lowest BCUT2D eigenvalue weighted by atomic mass is 9.82. The van der Waals surface area contributed by atoms with Gasteiger partial charge in [0.1, 0.15) is 0 Å². The Kier molecular flexibility index (Phi) is 2.13. The van der Waals surface area contributed by atoms with Gasteiger partial charge in [0, 0.05) is 31.1 Å². The van der Waals surface area contributed by atoms with Crippen LogP contribution in [0.3, 0.4) is 0 Å². The van der Waals surface area contributed by atoms with Crippen molar-refractivity contribution in [3.63, 3.8) is 0 Å². The van der Waals surface area contributed by atoms with Crippen LogP contribution < -0.4 is 5.32 Å². The van der Waals surface area contributed by atoms with Crippen LogP contribution >= 0.6 is 0 Å². The number of hydrogen-bond acceptors (Lipinski definition) is 2. The Balaban J connectivity index is 1.77. The lowest BCUT2D eigenvalue weighted by Crippen LogP contribution is -2.58. The first-order valence-corrected chi connectivity index (χ1v) is 5.11. The summed E-state index contributed by atoms with van der Waals surface area (Å²) in [6, 6.07) is 0.905. The maximum Gasteiger partial charge on any atom is 0.00924 e. The van der Waals surface area contributed by atoms with Crippen LogP contribution in [0.5, 0.6) is 0 Å². The standard InChI is InChI=1S/C10H20N2/c1-10(6-11-7-10)8-12(2)9-4-3-5-9/h9,11H,3-8H2,1-2H3. The summed E-state index contributed by atoms with van der Waals surface area (Å²) in [5.41, 5.74) is 0.574. The molecular weight excluding hydrogens is 148 g/mol. The van der Waals surface area contributed by atoms with Crippen LogP contribution in [0.1, 0.15) is 26.2 Å². The van der Waals surface area contributed by atoms with E-state index in [-0.39, 0.29) is 0 Å². The van der Waals surface area contributed by atoms with Crippen molar-refractivity contribution in [3.05, 3.63) is 0 Å². The van der Waals surface area contributed by atoms with E-state index in [9.17, 15) is 0 Å². The van der Waals surface area contributed by atoms with Gasteiger partial charge in [-0.2, -0.15) is 0 Å². The van der Waals surface area contributed by atoms with Crippen LogP contribution in [0.25, 0.3) is 0 Å². The predicted molar refractivity (Wildman–Crippen MR) is 51.2 cm³/mol. The molecule has 2 aliphatic rings. The molecule has 1 saturated heterocycles. The summed E-state index contributed by atoms with van der Waals surface area (Å²) in [6.07, 6.45) is 4.31. The number of nitrogens with one attached hydrogen (secondary N) is 1. The van der Waals surface area contributed by atoms with Crippen molar-refractivity contribution in [2.24, 2.45) is 5.41 Å². The molecule has 1 heterocycles. The van der Waals surface area contributed by atoms with Crippen molar-refractivity contribution < 1.29 is 0 Å². The molecule has 0 aromatic carbocycles. The predicted octanol–water partition coefficient (Wildman–Crippen LogP) is 1.08. The molecule has 1 aliphatic heterocycles. The smallest absolute Gasteiger partial charge is 0.00924 e. The third kappa shape index (κ3) is 1.50. The zero-order valence-electron chi connectivity index (χ0n) is 8.27. The van der Waals surface area contributed by atoms with Crippen molar-refractivity contribution in [1.29, 1.82) is 0 Å². The Bertz CT molecular complexity index is 159. The molecule has 1 saturated carbocycles. The number of hydrogen-bond donors (Lipinski definition) is 1. The van der Waals surface area contributed by atoms with E-state index in [4.69, 9.17) is 0 Å². The highest BCUT2D eigenvalue weighted by Gasteiger charge is 2.35. The van der Waals surface area contributed by atoms with Crippen molar-refractivity contribution in [3.8, 4) is 0 Å². The van der Waals surface area contributed by atoms with Crippen LogP contribution in [0.4, 0.5) is 0 Å². The van der Waals surface area contributed by atoms with Gasteiger partial charge in [0.15, 0.2) is 0 Å². The second-order valence-corrected chi connectivity index (χ2v) is 4.91. The minimum absolute atomic E-state index is 0.574. The first-order chi connectivity index (χ1) is 5.70. The zero-order chi connectivity index (χ0) is 8.60. The van der Waals surface area contributed by atoms with Gasteiger partial charge < -0.3 is 10.2 Å². The highest BCUT2D eigenvalue weighted by molar-refractivity contribution is 4.92. The van der Waals surface area contributed by atoms with Gasteiger partial charge in [-0.25, -0.2) is 0 Å². The largest absolute Gasteiger partial charge is 0.315 e. The van der Waals surface area contributed by atoms with Gasteiger partial charge in [0.25, 0.3) is 0 Å². The molecule has 2 fully saturated rings. The fourth-order valence-corrected chi connectivity index (χ4v) is 2.22. The van der Waals surface area contributed by atoms with Crippen LogP contribution in [0.15, 0.2) is 0 Å². The van der Waals surface area contributed by atoms with Gasteiger partial charge in [-0.1, -0.05) is 13.3 Å². The number of nitrogens with zero attached hydrogens (tertiary/aromatic N) is 1. The van der Waals surface area contributed by atoms with E-state index >= 15 is 0 Å². The van der Waals surface area contributed by atoms with E-state index < -0.39 is 0 Å². The minimum atomic E-state index is 0.574. The molecule has 0 aromatic rings. The maximum absolute atomic E-state index is 3.36. The molecule has 0 amide bonds. The normalized spacial score (nSPS) is 28.2. The van der Waals surface area contributed by atoms with Gasteiger partial charge in [0.2, 0.25) is 0 Å². The highest BCUT2D eigenvalue weighted by atomic mass is 15.2. The fourth-order valence-electron chi connectivity index (χ4n) is 2.22. The topological polar surface area (TPSA) is 15.3 Å². The Hall–Kier alpha value is -0.0800. The van der Waals surface area contributed by atoms with Gasteiger partial charge in [-0.05, 0) is 19.9 Å². The van der Waals surface area contributed by atoms with E-state index in [1.54, 1.807) is 0 Å². The summed E-state index contributed by atoms with van der Waals surface area (Å²) in [6.45, 7) is 6.09. The quantitative estimate of drug-likeness (QED) is 0.678. The Labute approximate surface area is 75.3 Å². The van der Waals surface area contributed by atoms with Crippen molar-refractivity contribution in [2.45, 2.75) is 32.2 Å². The van der Waals surface area contributed by atoms with Gasteiger partial charge in [0.05, 0.1) is 0 Å². The third-order valence-corrected chi connectivity index (χ3v) is 3.43. The molecule has 0 unspecified atom stereocenters. The molecule has 0 radical (unpaired) electrons. The summed E-state index contributed by atoms with van der Waals surface area (Å²) < 4.78 is 0. The summed E-state index contributed by atoms with van der Waals surface area (Å²) in [5, 5.41) is 3.36. The lowest BCUT2D eigenvalue weighted by Gasteiger charge is -2.45. The first kappa shape index (κ1) is 8.52. The minimum Gasteiger partial charge on any atom is -0.315 e. The molecule has 0 spiro atoms. The monoisotopic (exact) mass is 168 g/mol. The Morgan fingerprint density at radius 1 is 1.42 bits per heavy atom. The van der Waals surface area contributed by atoms with Gasteiger partial charge in [-0.3, -0.25) is 0 Å². The van der Waals surface area contributed by atoms with Gasteiger partial charge >= 0.3 is 0 Å². The molecule has 0 bridgehead atoms. The molecule has 2 rings (SSSR count). The number of rotatable bonds is 3. The summed E-state index contributed by atoms with van der Waals surface area (Å²) in [7, 11) is 2.29. The lowest BCUT2D eigenvalue weighted by molar-refractivity contribution is 0.0694. The molecular formula is C10H20N2. The summed E-state index contributed by atoms with van der Waals surface area (Å²) in [4.78, 5) is 2.56. The van der Waals surface area contributed by atoms with E-state index in [1.807, 2.05) is 0 Å². The van der Waals surface area contributed by atoms with Crippen molar-refractivity contribution in [1.82, 2.24) is 10.2 Å². The average molecular weight is 168 g/mol. The summed E-state index contributed by atoms with van der Waals surface area (Å²) in [5.74, 6) is 0. The molecule has 0 aromatic heterocycles. The van der Waals surface area contributed by atoms with Crippen LogP contribution in [-0.2, 0) is 0 Å². The molecule has 70 valence electrons. The fraction of sp³-hybridized carbons (Fsp3) is 1.00. The van der Waals surface area contributed by atoms with E-state index in [0.29, 0.717) is 5.41 Å². The molecule has 2 heteroatoms. The van der Waals surface area contributed by atoms with E-state index in [2.05, 4.69) is 24.2 Å². The second kappa shape index (κ2) is 3.00. The molecule has 12 heavy (non-hydrogen) atoms. The molecule has 1 aliphatic carbocycles. The average Bonchev–Trinajstić information content (AvgIpc) is 1.79. The van der Waals surface area contributed by atoms with Gasteiger partial charge in [-0.15, -0.1) is 0 Å². The summed E-state index contributed by atoms with van der Waals surface area (Å²) >= 11 is 0. The van der Waals surface area contributed by atoms with Crippen LogP contribution in [-0.4, -0.2) is 37.6 Å². The van der Waals surface area contributed by atoms with E-state index in [1.165, 1.54) is 38.9 Å². The van der Waals surface area contributed by atoms with Crippen LogP contribution in [0, 0.1) is 5.41 Å². The van der Waals surface area contributed by atoms with Crippen LogP contribution in [0.2, 0.25) is 0 Å². The Morgan fingerprint density at radius 3 is 2.42 bits per heavy atom.